The van der Waals surface area contributed by atoms with Gasteiger partial charge in [-0.25, -0.2) is 18.7 Å². The van der Waals surface area contributed by atoms with E-state index in [1.54, 1.807) is 6.92 Å². The number of nitrogens with one attached hydrogen (secondary N) is 1. The lowest BCUT2D eigenvalue weighted by atomic mass is 10.1. The van der Waals surface area contributed by atoms with Gasteiger partial charge in [0, 0.05) is 17.8 Å². The smallest absolute Gasteiger partial charge is 0.259 e. The normalized spacial score (nSPS) is 10.5. The monoisotopic (exact) mass is 325 g/mol. The van der Waals surface area contributed by atoms with Gasteiger partial charge >= 0.3 is 0 Å². The standard InChI is InChI=1S/C18H13F2N3O/c1-11-14(10-21-17(22-11)12-5-3-2-4-6-12)18(24)23-16-8-7-13(19)9-15(16)20/h2-10H,1H3,(H,23,24). The van der Waals surface area contributed by atoms with Crippen LogP contribution in [0.2, 0.25) is 0 Å². The minimum Gasteiger partial charge on any atom is -0.319 e. The number of nitrogens with zero attached hydrogens (tertiary/aromatic N) is 2. The van der Waals surface area contributed by atoms with Gasteiger partial charge in [-0.3, -0.25) is 4.79 Å². The van der Waals surface area contributed by atoms with Crippen LogP contribution in [0, 0.1) is 18.6 Å². The van der Waals surface area contributed by atoms with Crippen LogP contribution >= 0.6 is 0 Å². The molecule has 4 nitrogen and oxygen atoms in total. The molecule has 1 N–H and O–H groups in total. The molecule has 1 amide bonds. The molecule has 1 heterocycles. The number of anilines is 1. The van der Waals surface area contributed by atoms with Crippen molar-refractivity contribution in [2.45, 2.75) is 6.92 Å². The lowest BCUT2D eigenvalue weighted by Crippen LogP contribution is -2.16. The molecule has 3 rings (SSSR count). The number of carbonyl (C=O) groups is 1. The number of hydrogen-bond acceptors (Lipinski definition) is 3. The van der Waals surface area contributed by atoms with E-state index in [9.17, 15) is 13.6 Å². The number of rotatable bonds is 3. The van der Waals surface area contributed by atoms with Gasteiger partial charge < -0.3 is 5.32 Å². The Kier molecular flexibility index (Phi) is 4.29. The molecule has 24 heavy (non-hydrogen) atoms. The first-order chi connectivity index (χ1) is 11.5. The predicted molar refractivity (Wildman–Crippen MR) is 86.5 cm³/mol. The van der Waals surface area contributed by atoms with Crippen molar-refractivity contribution in [2.75, 3.05) is 5.32 Å². The molecule has 0 aliphatic heterocycles. The van der Waals surface area contributed by atoms with Gasteiger partial charge in [-0.2, -0.15) is 0 Å². The summed E-state index contributed by atoms with van der Waals surface area (Å²) >= 11 is 0. The maximum absolute atomic E-state index is 13.6. The second kappa shape index (κ2) is 6.54. The molecule has 0 aliphatic carbocycles. The summed E-state index contributed by atoms with van der Waals surface area (Å²) in [4.78, 5) is 20.8. The van der Waals surface area contributed by atoms with E-state index in [1.807, 2.05) is 30.3 Å². The van der Waals surface area contributed by atoms with Crippen molar-refractivity contribution < 1.29 is 13.6 Å². The average Bonchev–Trinajstić information content (AvgIpc) is 2.58. The number of halogens is 2. The van der Waals surface area contributed by atoms with Crippen LogP contribution in [-0.4, -0.2) is 15.9 Å². The first-order valence-electron chi connectivity index (χ1n) is 7.20. The zero-order valence-electron chi connectivity index (χ0n) is 12.8. The highest BCUT2D eigenvalue weighted by molar-refractivity contribution is 6.04. The van der Waals surface area contributed by atoms with Crippen LogP contribution in [-0.2, 0) is 0 Å². The molecular weight excluding hydrogens is 312 g/mol. The Labute approximate surface area is 137 Å². The van der Waals surface area contributed by atoms with Gasteiger partial charge in [-0.1, -0.05) is 30.3 Å². The Morgan fingerprint density at radius 1 is 1.08 bits per heavy atom. The van der Waals surface area contributed by atoms with Crippen molar-refractivity contribution in [2.24, 2.45) is 0 Å². The number of aromatic nitrogens is 2. The van der Waals surface area contributed by atoms with Crippen molar-refractivity contribution in [3.05, 3.63) is 77.6 Å². The van der Waals surface area contributed by atoms with E-state index in [2.05, 4.69) is 15.3 Å². The Hall–Kier alpha value is -3.15. The van der Waals surface area contributed by atoms with Crippen LogP contribution in [0.4, 0.5) is 14.5 Å². The SMILES string of the molecule is Cc1nc(-c2ccccc2)ncc1C(=O)Nc1ccc(F)cc1F. The zero-order valence-corrected chi connectivity index (χ0v) is 12.8. The number of carbonyl (C=O) groups excluding carboxylic acids is 1. The lowest BCUT2D eigenvalue weighted by molar-refractivity contribution is 0.102. The quantitative estimate of drug-likeness (QED) is 0.792. The molecule has 2 aromatic carbocycles. The Bertz CT molecular complexity index is 898. The molecule has 0 unspecified atom stereocenters. The second-order valence-corrected chi connectivity index (χ2v) is 5.14. The zero-order chi connectivity index (χ0) is 17.1. The van der Waals surface area contributed by atoms with E-state index in [0.717, 1.165) is 17.7 Å². The predicted octanol–water partition coefficient (Wildman–Crippen LogP) is 3.98. The molecule has 0 atom stereocenters. The second-order valence-electron chi connectivity index (χ2n) is 5.14. The molecule has 0 saturated heterocycles. The fourth-order valence-electron chi connectivity index (χ4n) is 2.20. The topological polar surface area (TPSA) is 54.9 Å². The van der Waals surface area contributed by atoms with Crippen molar-refractivity contribution >= 4 is 11.6 Å². The molecule has 0 saturated carbocycles. The summed E-state index contributed by atoms with van der Waals surface area (Å²) in [5.74, 6) is -1.62. The van der Waals surface area contributed by atoms with Gasteiger partial charge in [0.25, 0.3) is 5.91 Å². The van der Waals surface area contributed by atoms with Crippen LogP contribution in [0.15, 0.2) is 54.7 Å². The van der Waals surface area contributed by atoms with Crippen LogP contribution in [0.3, 0.4) is 0 Å². The van der Waals surface area contributed by atoms with E-state index in [0.29, 0.717) is 17.6 Å². The first kappa shape index (κ1) is 15.7. The molecule has 3 aromatic rings. The van der Waals surface area contributed by atoms with E-state index in [-0.39, 0.29) is 11.3 Å². The fourth-order valence-corrected chi connectivity index (χ4v) is 2.20. The van der Waals surface area contributed by atoms with Crippen LogP contribution in [0.5, 0.6) is 0 Å². The summed E-state index contributed by atoms with van der Waals surface area (Å²) in [7, 11) is 0. The van der Waals surface area contributed by atoms with E-state index in [1.165, 1.54) is 6.20 Å². The minimum absolute atomic E-state index is 0.104. The highest BCUT2D eigenvalue weighted by Gasteiger charge is 2.14. The number of aryl methyl sites for hydroxylation is 1. The third kappa shape index (κ3) is 3.27. The Balaban J connectivity index is 1.85. The Morgan fingerprint density at radius 2 is 1.83 bits per heavy atom. The third-order valence-corrected chi connectivity index (χ3v) is 3.44. The number of benzene rings is 2. The van der Waals surface area contributed by atoms with Gasteiger partial charge in [0.15, 0.2) is 5.82 Å². The highest BCUT2D eigenvalue weighted by Crippen LogP contribution is 2.19. The van der Waals surface area contributed by atoms with Crippen molar-refractivity contribution in [1.29, 1.82) is 0 Å². The number of amides is 1. The van der Waals surface area contributed by atoms with Crippen LogP contribution in [0.1, 0.15) is 16.1 Å². The van der Waals surface area contributed by atoms with E-state index < -0.39 is 17.5 Å². The summed E-state index contributed by atoms with van der Waals surface area (Å²) in [6, 6.07) is 12.3. The van der Waals surface area contributed by atoms with Gasteiger partial charge in [0.2, 0.25) is 0 Å². The van der Waals surface area contributed by atoms with Gasteiger partial charge in [0.05, 0.1) is 16.9 Å². The molecule has 0 radical (unpaired) electrons. The van der Waals surface area contributed by atoms with Gasteiger partial charge in [-0.15, -0.1) is 0 Å². The molecule has 0 bridgehead atoms. The van der Waals surface area contributed by atoms with Gasteiger partial charge in [0.1, 0.15) is 11.6 Å². The van der Waals surface area contributed by atoms with E-state index >= 15 is 0 Å². The summed E-state index contributed by atoms with van der Waals surface area (Å²) in [5.41, 5.74) is 1.41. The van der Waals surface area contributed by atoms with Crippen molar-refractivity contribution in [3.63, 3.8) is 0 Å². The molecule has 0 aliphatic rings. The van der Waals surface area contributed by atoms with Crippen LogP contribution < -0.4 is 5.32 Å². The number of hydrogen-bond donors (Lipinski definition) is 1. The average molecular weight is 325 g/mol. The molecule has 0 spiro atoms. The Morgan fingerprint density at radius 3 is 2.50 bits per heavy atom. The summed E-state index contributed by atoms with van der Waals surface area (Å²) in [6.45, 7) is 1.67. The third-order valence-electron chi connectivity index (χ3n) is 3.44. The summed E-state index contributed by atoms with van der Waals surface area (Å²) in [5, 5.41) is 2.39. The fraction of sp³-hybridized carbons (Fsp3) is 0.0556. The minimum atomic E-state index is -0.845. The van der Waals surface area contributed by atoms with Gasteiger partial charge in [-0.05, 0) is 19.1 Å². The lowest BCUT2D eigenvalue weighted by Gasteiger charge is -2.09. The highest BCUT2D eigenvalue weighted by atomic mass is 19.1. The van der Waals surface area contributed by atoms with E-state index in [4.69, 9.17) is 0 Å². The van der Waals surface area contributed by atoms with Crippen molar-refractivity contribution in [3.8, 4) is 11.4 Å². The van der Waals surface area contributed by atoms with Crippen LogP contribution in [0.25, 0.3) is 11.4 Å². The molecule has 120 valence electrons. The maximum Gasteiger partial charge on any atom is 0.259 e. The van der Waals surface area contributed by atoms with Crippen molar-refractivity contribution in [1.82, 2.24) is 9.97 Å². The summed E-state index contributed by atoms with van der Waals surface area (Å²) in [6.07, 6.45) is 1.39. The molecule has 6 heteroatoms. The molecule has 0 fully saturated rings. The molecule has 1 aromatic heterocycles. The first-order valence-corrected chi connectivity index (χ1v) is 7.20. The maximum atomic E-state index is 13.6. The largest absolute Gasteiger partial charge is 0.319 e. The summed E-state index contributed by atoms with van der Waals surface area (Å²) < 4.78 is 26.5. The molecular formula is C18H13F2N3O.